The molecular formula is C44H45N3O4P+. The first kappa shape index (κ1) is 34.1. The van der Waals surface area contributed by atoms with E-state index in [0.29, 0.717) is 43.6 Å². The number of likely N-dealkylation sites (tertiary alicyclic amines) is 1. The topological polar surface area (TPSA) is 82.9 Å². The summed E-state index contributed by atoms with van der Waals surface area (Å²) in [4.78, 5) is 44.0. The Morgan fingerprint density at radius 2 is 1.38 bits per heavy atom. The summed E-state index contributed by atoms with van der Waals surface area (Å²) in [5, 5.41) is 8.09. The van der Waals surface area contributed by atoms with Gasteiger partial charge in [0.05, 0.1) is 18.3 Å². The van der Waals surface area contributed by atoms with Gasteiger partial charge in [0.2, 0.25) is 11.8 Å². The van der Waals surface area contributed by atoms with Crippen LogP contribution < -0.4 is 31.8 Å². The van der Waals surface area contributed by atoms with Crippen molar-refractivity contribution in [1.29, 1.82) is 0 Å². The number of aryl methyl sites for hydroxylation is 2. The van der Waals surface area contributed by atoms with E-state index in [1.807, 2.05) is 6.07 Å². The van der Waals surface area contributed by atoms with Crippen LogP contribution in [-0.2, 0) is 22.4 Å². The summed E-state index contributed by atoms with van der Waals surface area (Å²) < 4.78 is 5.91. The van der Waals surface area contributed by atoms with Gasteiger partial charge in [0.25, 0.3) is 0 Å². The van der Waals surface area contributed by atoms with Gasteiger partial charge in [-0.05, 0) is 98.7 Å². The number of hydrogen-bond acceptors (Lipinski definition) is 5. The molecule has 1 N–H and O–H groups in total. The lowest BCUT2D eigenvalue weighted by Gasteiger charge is -2.37. The minimum atomic E-state index is -2.04. The van der Waals surface area contributed by atoms with E-state index in [0.717, 1.165) is 55.9 Å². The van der Waals surface area contributed by atoms with E-state index in [4.69, 9.17) is 4.42 Å². The van der Waals surface area contributed by atoms with E-state index in [2.05, 4.69) is 107 Å². The summed E-state index contributed by atoms with van der Waals surface area (Å²) in [6.07, 6.45) is 9.21. The van der Waals surface area contributed by atoms with Crippen LogP contribution in [0.4, 0.5) is 5.69 Å². The Hall–Kier alpha value is -5.00. The van der Waals surface area contributed by atoms with Gasteiger partial charge in [-0.15, -0.1) is 0 Å². The first-order valence-electron chi connectivity index (χ1n) is 18.7. The lowest BCUT2D eigenvalue weighted by molar-refractivity contribution is -0.132. The van der Waals surface area contributed by atoms with Crippen LogP contribution >= 0.6 is 7.26 Å². The van der Waals surface area contributed by atoms with E-state index < -0.39 is 12.9 Å². The Morgan fingerprint density at radius 3 is 2.00 bits per heavy atom. The summed E-state index contributed by atoms with van der Waals surface area (Å²) >= 11 is 0. The molecule has 1 saturated heterocycles. The molecule has 2 amide bonds. The second kappa shape index (κ2) is 14.9. The van der Waals surface area contributed by atoms with Crippen molar-refractivity contribution >= 4 is 57.7 Å². The number of rotatable bonds is 9. The van der Waals surface area contributed by atoms with Crippen LogP contribution in [0.15, 0.2) is 118 Å². The van der Waals surface area contributed by atoms with Crippen LogP contribution in [0.2, 0.25) is 0 Å². The van der Waals surface area contributed by atoms with E-state index >= 15 is 0 Å². The van der Waals surface area contributed by atoms with Crippen molar-refractivity contribution in [2.75, 3.05) is 43.8 Å². The van der Waals surface area contributed by atoms with E-state index in [1.165, 1.54) is 33.2 Å². The second-order valence-corrected chi connectivity index (χ2v) is 17.8. The second-order valence-electron chi connectivity index (χ2n) is 14.2. The van der Waals surface area contributed by atoms with E-state index in [1.54, 1.807) is 11.0 Å². The van der Waals surface area contributed by atoms with Crippen LogP contribution in [0, 0.1) is 5.92 Å². The molecular weight excluding hydrogens is 665 g/mol. The fourth-order valence-electron chi connectivity index (χ4n) is 8.58. The number of piperidine rings is 1. The highest BCUT2D eigenvalue weighted by Crippen LogP contribution is 2.54. The van der Waals surface area contributed by atoms with Crippen LogP contribution in [-0.4, -0.2) is 55.6 Å². The largest absolute Gasteiger partial charge is 0.422 e. The fraction of sp³-hybridized carbons (Fsp3) is 0.295. The summed E-state index contributed by atoms with van der Waals surface area (Å²) in [5.41, 5.74) is 4.39. The molecule has 5 aromatic rings. The number of anilines is 1. The van der Waals surface area contributed by atoms with Crippen LogP contribution in [0.5, 0.6) is 0 Å². The summed E-state index contributed by atoms with van der Waals surface area (Å²) in [7, 11) is -2.04. The Kier molecular flexibility index (Phi) is 9.79. The SMILES string of the molecule is O=C(NCC[P+](c1ccccc1)(c1ccccc1)c1ccccc1)C1CCN(C(=O)/C=C/c2cc3cc4c5c(c3oc2=O)CCCN5CCC4)CC1. The minimum absolute atomic E-state index is 0.0491. The highest BCUT2D eigenvalue weighted by molar-refractivity contribution is 7.95. The van der Waals surface area contributed by atoms with Crippen LogP contribution in [0.25, 0.3) is 17.0 Å². The van der Waals surface area contributed by atoms with Crippen molar-refractivity contribution in [3.05, 3.63) is 136 Å². The highest BCUT2D eigenvalue weighted by Gasteiger charge is 2.45. The number of benzene rings is 4. The van der Waals surface area contributed by atoms with Crippen molar-refractivity contribution in [3.8, 4) is 0 Å². The van der Waals surface area contributed by atoms with Gasteiger partial charge < -0.3 is 19.5 Å². The smallest absolute Gasteiger partial charge is 0.343 e. The first-order valence-corrected chi connectivity index (χ1v) is 20.7. The number of carbonyl (C=O) groups is 2. The zero-order valence-corrected chi connectivity index (χ0v) is 30.4. The fourth-order valence-corrected chi connectivity index (χ4v) is 12.7. The molecule has 4 aromatic carbocycles. The normalized spacial score (nSPS) is 16.2. The number of hydrogen-bond donors (Lipinski definition) is 1. The Balaban J connectivity index is 0.912. The van der Waals surface area contributed by atoms with Gasteiger partial charge >= 0.3 is 5.63 Å². The predicted octanol–water partition coefficient (Wildman–Crippen LogP) is 5.85. The van der Waals surface area contributed by atoms with Gasteiger partial charge in [-0.3, -0.25) is 9.59 Å². The number of amides is 2. The van der Waals surface area contributed by atoms with E-state index in [-0.39, 0.29) is 17.7 Å². The van der Waals surface area contributed by atoms with Gasteiger partial charge in [0.1, 0.15) is 28.8 Å². The third kappa shape index (κ3) is 6.59. The molecule has 0 radical (unpaired) electrons. The number of nitrogens with zero attached hydrogens (tertiary/aromatic N) is 2. The van der Waals surface area contributed by atoms with Gasteiger partial charge in [0.15, 0.2) is 0 Å². The zero-order chi connectivity index (χ0) is 35.5. The predicted molar refractivity (Wildman–Crippen MR) is 213 cm³/mol. The molecule has 52 heavy (non-hydrogen) atoms. The quantitative estimate of drug-likeness (QED) is 0.118. The average Bonchev–Trinajstić information content (AvgIpc) is 3.20. The van der Waals surface area contributed by atoms with Crippen LogP contribution in [0.1, 0.15) is 42.4 Å². The number of fused-ring (bicyclic) bond motifs is 2. The summed E-state index contributed by atoms with van der Waals surface area (Å²) in [6.45, 7) is 3.66. The maximum absolute atomic E-state index is 13.5. The van der Waals surface area contributed by atoms with Crippen molar-refractivity contribution in [2.24, 2.45) is 5.92 Å². The maximum atomic E-state index is 13.5. The molecule has 0 bridgehead atoms. The van der Waals surface area contributed by atoms with E-state index in [9.17, 15) is 14.4 Å². The van der Waals surface area contributed by atoms with Gasteiger partial charge in [-0.1, -0.05) is 54.6 Å². The highest BCUT2D eigenvalue weighted by atomic mass is 31.2. The molecule has 264 valence electrons. The average molecular weight is 711 g/mol. The van der Waals surface area contributed by atoms with Crippen molar-refractivity contribution in [3.63, 3.8) is 0 Å². The lowest BCUT2D eigenvalue weighted by atomic mass is 9.90. The Morgan fingerprint density at radius 1 is 0.788 bits per heavy atom. The molecule has 4 heterocycles. The molecule has 3 aliphatic heterocycles. The molecule has 0 unspecified atom stereocenters. The van der Waals surface area contributed by atoms with Crippen molar-refractivity contribution < 1.29 is 14.0 Å². The third-order valence-electron chi connectivity index (χ3n) is 11.2. The number of carbonyl (C=O) groups excluding carboxylic acids is 2. The van der Waals surface area contributed by atoms with Gasteiger partial charge in [0, 0.05) is 54.8 Å². The molecule has 7 nitrogen and oxygen atoms in total. The molecule has 8 rings (SSSR count). The Bertz CT molecular complexity index is 2060. The van der Waals surface area contributed by atoms with Gasteiger partial charge in [-0.2, -0.15) is 0 Å². The van der Waals surface area contributed by atoms with Gasteiger partial charge in [-0.25, -0.2) is 4.79 Å². The van der Waals surface area contributed by atoms with Crippen LogP contribution in [0.3, 0.4) is 0 Å². The molecule has 8 heteroatoms. The summed E-state index contributed by atoms with van der Waals surface area (Å²) in [5.74, 6) is -0.257. The maximum Gasteiger partial charge on any atom is 0.343 e. The molecule has 0 spiro atoms. The first-order chi connectivity index (χ1) is 25.5. The molecule has 3 aliphatic rings. The molecule has 1 aromatic heterocycles. The standard InChI is InChI=1S/C44H44N3O4P/c48-40(21-20-34-31-35-30-33-12-10-25-47-26-11-19-39(41(33)47)42(35)51-44(34)50)46-27-22-32(23-28-46)43(49)45-24-29-52(36-13-4-1-5-14-36,37-15-6-2-7-16-37)38-17-8-3-9-18-38/h1-9,13-18,20-21,30-32H,10-12,19,22-29H2/p+1/b21-20+. The zero-order valence-electron chi connectivity index (χ0n) is 29.5. The van der Waals surface area contributed by atoms with Crippen molar-refractivity contribution in [1.82, 2.24) is 10.2 Å². The molecule has 0 aliphatic carbocycles. The number of nitrogens with one attached hydrogen (secondary N) is 1. The molecule has 0 saturated carbocycles. The molecule has 1 fully saturated rings. The third-order valence-corrected chi connectivity index (χ3v) is 15.6. The minimum Gasteiger partial charge on any atom is -0.422 e. The lowest BCUT2D eigenvalue weighted by Crippen LogP contribution is -2.44. The van der Waals surface area contributed by atoms with Crippen molar-refractivity contribution in [2.45, 2.75) is 38.5 Å². The summed E-state index contributed by atoms with van der Waals surface area (Å²) in [6, 6.07) is 36.1. The monoisotopic (exact) mass is 710 g/mol. The molecule has 0 atom stereocenters. The Labute approximate surface area is 305 Å².